The summed E-state index contributed by atoms with van der Waals surface area (Å²) in [6, 6.07) is -15.4. The summed E-state index contributed by atoms with van der Waals surface area (Å²) < 4.78 is 0. The summed E-state index contributed by atoms with van der Waals surface area (Å²) in [4.78, 5) is 149. The highest BCUT2D eigenvalue weighted by atomic mass is 32.2. The Morgan fingerprint density at radius 1 is 0.562 bits per heavy atom. The molecule has 0 aliphatic carbocycles. The maximum Gasteiger partial charge on any atom is 0.326 e. The van der Waals surface area contributed by atoms with E-state index in [2.05, 4.69) is 42.2 Å². The molecule has 10 amide bonds. The van der Waals surface area contributed by atoms with Crippen LogP contribution in [0.5, 0.6) is 0 Å². The van der Waals surface area contributed by atoms with Crippen molar-refractivity contribution in [1.29, 1.82) is 0 Å². The molecule has 21 N–H and O–H groups in total. The predicted octanol–water partition coefficient (Wildman–Crippen LogP) is -10.2. The fourth-order valence-electron chi connectivity index (χ4n) is 7.56. The van der Waals surface area contributed by atoms with Crippen LogP contribution in [0.25, 0.3) is 0 Å². The van der Waals surface area contributed by atoms with Crippen molar-refractivity contribution in [2.24, 2.45) is 27.9 Å². The van der Waals surface area contributed by atoms with Crippen molar-refractivity contribution in [3.8, 4) is 0 Å². The molecule has 2 aliphatic heterocycles. The number of aliphatic hydroxyl groups is 5. The Bertz CT molecular complexity index is 1980. The Kier molecular flexibility index (Phi) is 27.4. The van der Waals surface area contributed by atoms with E-state index in [1.807, 2.05) is 0 Å². The number of aliphatic hydroxyl groups excluding tert-OH is 5. The van der Waals surface area contributed by atoms with Crippen molar-refractivity contribution in [2.75, 3.05) is 64.7 Å². The molecule has 412 valence electrons. The molecule has 0 radical (unpaired) electrons. The second-order valence-corrected chi connectivity index (χ2v) is 17.9. The zero-order valence-electron chi connectivity index (χ0n) is 40.2. The van der Waals surface area contributed by atoms with E-state index in [1.165, 1.54) is 11.8 Å². The number of likely N-dealkylation sites (tertiary alicyclic amines) is 2. The van der Waals surface area contributed by atoms with Crippen molar-refractivity contribution in [1.82, 2.24) is 47.0 Å². The van der Waals surface area contributed by atoms with Crippen LogP contribution in [-0.2, 0) is 52.7 Å². The smallest absolute Gasteiger partial charge is 0.326 e. The first kappa shape index (κ1) is 62.7. The number of nitrogens with two attached hydrogens (primary N) is 4. The number of nitrogens with zero attached hydrogens (tertiary/aromatic N) is 3. The third-order valence-electron chi connectivity index (χ3n) is 11.6. The highest BCUT2D eigenvalue weighted by molar-refractivity contribution is 7.98. The van der Waals surface area contributed by atoms with Gasteiger partial charge in [0.1, 0.15) is 54.4 Å². The van der Waals surface area contributed by atoms with E-state index in [4.69, 9.17) is 22.9 Å². The standard InChI is InChI=1S/C41H70N14O17S/c1-73-14-10-22(48-37(68)28-6-3-12-54(28)38(69)26(18-59)52-31(62)20(42)5-2-11-46-41(44)45)33(64)50-24(16-57)35(66)51-23(15-56)34(65)47-21(8-9-30(43)61)32(63)49-25(17-58)36(67)53-27(19-60)39(70)55-13-4-7-29(55)40(71)72/h20-29,56-60H,2-19,42H2,1H3,(H2,43,61)(H,47,65)(H,48,68)(H,49,63)(H,50,64)(H,51,66)(H,52,62)(H,53,67)(H,71,72)(H4,44,45,46)/t20-,21-,22-,23-,24-,25-,26-,27-,28-,29-/m0/s1. The van der Waals surface area contributed by atoms with E-state index in [0.29, 0.717) is 19.3 Å². The summed E-state index contributed by atoms with van der Waals surface area (Å²) in [6.45, 7) is -4.93. The minimum absolute atomic E-state index is 0.0152. The summed E-state index contributed by atoms with van der Waals surface area (Å²) in [7, 11) is 0. The number of primary amides is 1. The lowest BCUT2D eigenvalue weighted by Crippen LogP contribution is -2.62. The first-order valence-corrected chi connectivity index (χ1v) is 24.6. The Morgan fingerprint density at radius 2 is 0.959 bits per heavy atom. The van der Waals surface area contributed by atoms with Gasteiger partial charge in [-0.15, -0.1) is 0 Å². The Labute approximate surface area is 423 Å². The highest BCUT2D eigenvalue weighted by Crippen LogP contribution is 2.20. The number of carbonyl (C=O) groups is 11. The van der Waals surface area contributed by atoms with Crippen molar-refractivity contribution >= 4 is 82.8 Å². The van der Waals surface area contributed by atoms with E-state index < -0.39 is 171 Å². The van der Waals surface area contributed by atoms with Crippen molar-refractivity contribution in [2.45, 2.75) is 118 Å². The van der Waals surface area contributed by atoms with Crippen LogP contribution < -0.4 is 60.2 Å². The van der Waals surface area contributed by atoms with E-state index in [0.717, 1.165) is 9.80 Å². The number of hydrogen-bond acceptors (Lipinski definition) is 19. The molecule has 32 heteroatoms. The maximum absolute atomic E-state index is 13.7. The monoisotopic (exact) mass is 1060 g/mol. The number of carboxylic acids is 1. The van der Waals surface area contributed by atoms with Crippen LogP contribution in [0.2, 0.25) is 0 Å². The quantitative estimate of drug-likeness (QED) is 0.0169. The normalized spacial score (nSPS) is 18.5. The molecular formula is C41H70N14O17S. The van der Waals surface area contributed by atoms with Crippen molar-refractivity contribution in [3.63, 3.8) is 0 Å². The molecule has 2 fully saturated rings. The SMILES string of the molecule is CSCC[C@H](NC(=O)[C@@H]1CCCN1C(=O)[C@H](CO)NC(=O)[C@@H](N)CCCN=C(N)N)C(=O)N[C@@H](CO)C(=O)N[C@@H](CO)C(=O)N[C@@H](CCC(N)=O)C(=O)N[C@@H](CO)C(=O)N[C@@H](CO)C(=O)N1CCC[C@H]1C(=O)O. The predicted molar refractivity (Wildman–Crippen MR) is 255 cm³/mol. The summed E-state index contributed by atoms with van der Waals surface area (Å²) in [5.41, 5.74) is 21.8. The first-order valence-electron chi connectivity index (χ1n) is 23.2. The number of aliphatic imine (C=N–C) groups is 1. The number of thioether (sulfide) groups is 1. The summed E-state index contributed by atoms with van der Waals surface area (Å²) in [5.74, 6) is -11.4. The van der Waals surface area contributed by atoms with Crippen LogP contribution in [0.15, 0.2) is 4.99 Å². The molecule has 0 bridgehead atoms. The minimum atomic E-state index is -1.91. The van der Waals surface area contributed by atoms with E-state index in [-0.39, 0.29) is 57.0 Å². The van der Waals surface area contributed by atoms with Crippen LogP contribution in [0.3, 0.4) is 0 Å². The number of amides is 10. The van der Waals surface area contributed by atoms with Gasteiger partial charge in [0.05, 0.1) is 39.1 Å². The maximum atomic E-state index is 13.7. The molecule has 0 aromatic carbocycles. The molecule has 0 spiro atoms. The summed E-state index contributed by atoms with van der Waals surface area (Å²) in [6.07, 6.45) is 1.97. The van der Waals surface area contributed by atoms with Crippen LogP contribution in [0.1, 0.15) is 57.8 Å². The molecule has 0 aromatic rings. The van der Waals surface area contributed by atoms with Gasteiger partial charge in [-0.25, -0.2) is 4.79 Å². The Hall–Kier alpha value is -6.45. The third kappa shape index (κ3) is 19.8. The van der Waals surface area contributed by atoms with Gasteiger partial charge in [0, 0.05) is 26.1 Å². The zero-order valence-corrected chi connectivity index (χ0v) is 41.1. The molecule has 10 atom stereocenters. The van der Waals surface area contributed by atoms with Gasteiger partial charge in [-0.2, -0.15) is 11.8 Å². The number of guanidine groups is 1. The number of aliphatic carboxylic acids is 1. The number of nitrogens with one attached hydrogen (secondary N) is 7. The van der Waals surface area contributed by atoms with Gasteiger partial charge in [-0.1, -0.05) is 0 Å². The zero-order chi connectivity index (χ0) is 54.9. The highest BCUT2D eigenvalue weighted by Gasteiger charge is 2.41. The van der Waals surface area contributed by atoms with Crippen LogP contribution in [0, 0.1) is 0 Å². The Morgan fingerprint density at radius 3 is 1.38 bits per heavy atom. The van der Waals surface area contributed by atoms with Crippen LogP contribution in [0.4, 0.5) is 0 Å². The van der Waals surface area contributed by atoms with Gasteiger partial charge in [0.25, 0.3) is 0 Å². The summed E-state index contributed by atoms with van der Waals surface area (Å²) >= 11 is 1.29. The lowest BCUT2D eigenvalue weighted by molar-refractivity contribution is -0.150. The van der Waals surface area contributed by atoms with Crippen molar-refractivity contribution in [3.05, 3.63) is 0 Å². The molecule has 0 unspecified atom stereocenters. The van der Waals surface area contributed by atoms with Gasteiger partial charge < -0.3 is 101 Å². The number of hydrogen-bond donors (Lipinski definition) is 17. The molecule has 2 saturated heterocycles. The third-order valence-corrected chi connectivity index (χ3v) is 12.2. The van der Waals surface area contributed by atoms with Gasteiger partial charge >= 0.3 is 5.97 Å². The first-order chi connectivity index (χ1) is 34.6. The molecule has 2 heterocycles. The van der Waals surface area contributed by atoms with Gasteiger partial charge in [0.15, 0.2) is 5.96 Å². The average molecular weight is 1060 g/mol. The van der Waals surface area contributed by atoms with Crippen LogP contribution in [-0.4, -0.2) is 237 Å². The van der Waals surface area contributed by atoms with E-state index in [1.54, 1.807) is 6.26 Å². The second kappa shape index (κ2) is 31.9. The Balaban J connectivity index is 2.14. The number of carboxylic acid groups (broad SMARTS) is 1. The fourth-order valence-corrected chi connectivity index (χ4v) is 8.03. The van der Waals surface area contributed by atoms with E-state index >= 15 is 0 Å². The molecule has 73 heavy (non-hydrogen) atoms. The lowest BCUT2D eigenvalue weighted by Gasteiger charge is -2.30. The van der Waals surface area contributed by atoms with Gasteiger partial charge in [0.2, 0.25) is 59.1 Å². The lowest BCUT2D eigenvalue weighted by atomic mass is 10.1. The average Bonchev–Trinajstić information content (AvgIpc) is 4.07. The van der Waals surface area contributed by atoms with Crippen LogP contribution >= 0.6 is 11.8 Å². The fraction of sp³-hybridized carbons (Fsp3) is 0.707. The summed E-state index contributed by atoms with van der Waals surface area (Å²) in [5, 5.41) is 75.2. The van der Waals surface area contributed by atoms with Gasteiger partial charge in [-0.05, 0) is 63.4 Å². The van der Waals surface area contributed by atoms with Gasteiger partial charge in [-0.3, -0.25) is 52.9 Å². The molecule has 0 saturated carbocycles. The molecule has 2 aliphatic rings. The van der Waals surface area contributed by atoms with E-state index in [9.17, 15) is 83.4 Å². The topological polar surface area (TPSA) is 516 Å². The molecule has 2 rings (SSSR count). The second-order valence-electron chi connectivity index (χ2n) is 16.9. The molecular weight excluding hydrogens is 993 g/mol. The number of carbonyl (C=O) groups excluding carboxylic acids is 10. The minimum Gasteiger partial charge on any atom is -0.480 e. The number of rotatable bonds is 32. The largest absolute Gasteiger partial charge is 0.480 e. The molecule has 31 nitrogen and oxygen atoms in total. The van der Waals surface area contributed by atoms with Crippen molar-refractivity contribution < 1.29 is 83.4 Å². The molecule has 0 aromatic heterocycles.